The van der Waals surface area contributed by atoms with E-state index in [4.69, 9.17) is 10.5 Å². The number of hydrogen-bond donors (Lipinski definition) is 1. The summed E-state index contributed by atoms with van der Waals surface area (Å²) in [4.78, 5) is 2.38. The Morgan fingerprint density at radius 1 is 1.50 bits per heavy atom. The smallest absolute Gasteiger partial charge is 0.123 e. The first kappa shape index (κ1) is 15.4. The summed E-state index contributed by atoms with van der Waals surface area (Å²) in [5, 5.41) is 0. The van der Waals surface area contributed by atoms with Gasteiger partial charge >= 0.3 is 0 Å². The number of methoxy groups -OCH3 is 1. The van der Waals surface area contributed by atoms with Crippen LogP contribution in [0.2, 0.25) is 0 Å². The van der Waals surface area contributed by atoms with Crippen LogP contribution in [0.5, 0.6) is 0 Å². The maximum Gasteiger partial charge on any atom is 0.123 e. The molecular formula is C16H25FN2O. The van der Waals surface area contributed by atoms with Gasteiger partial charge in [-0.2, -0.15) is 0 Å². The topological polar surface area (TPSA) is 38.5 Å². The molecular weight excluding hydrogens is 255 g/mol. The van der Waals surface area contributed by atoms with Crippen LogP contribution in [0.4, 0.5) is 4.39 Å². The van der Waals surface area contributed by atoms with Crippen molar-refractivity contribution < 1.29 is 9.13 Å². The van der Waals surface area contributed by atoms with Crippen molar-refractivity contribution in [3.05, 3.63) is 35.6 Å². The normalized spacial score (nSPS) is 22.9. The molecule has 3 unspecified atom stereocenters. The first-order valence-corrected chi connectivity index (χ1v) is 7.39. The maximum atomic E-state index is 13.5. The van der Waals surface area contributed by atoms with Gasteiger partial charge in [0.2, 0.25) is 0 Å². The van der Waals surface area contributed by atoms with Crippen LogP contribution in [-0.2, 0) is 4.74 Å². The summed E-state index contributed by atoms with van der Waals surface area (Å²) in [6.07, 6.45) is 2.00. The van der Waals surface area contributed by atoms with Gasteiger partial charge < -0.3 is 10.5 Å². The first-order valence-electron chi connectivity index (χ1n) is 7.39. The molecule has 1 aromatic carbocycles. The number of likely N-dealkylation sites (tertiary alicyclic amines) is 1. The molecule has 3 nitrogen and oxygen atoms in total. The summed E-state index contributed by atoms with van der Waals surface area (Å²) in [5.41, 5.74) is 7.29. The van der Waals surface area contributed by atoms with Gasteiger partial charge in [-0.3, -0.25) is 4.90 Å². The summed E-state index contributed by atoms with van der Waals surface area (Å²) in [7, 11) is 1.74. The molecule has 2 rings (SSSR count). The Morgan fingerprint density at radius 3 is 2.95 bits per heavy atom. The zero-order chi connectivity index (χ0) is 14.5. The summed E-state index contributed by atoms with van der Waals surface area (Å²) in [5.74, 6) is 0.364. The fourth-order valence-electron chi connectivity index (χ4n) is 3.13. The number of ether oxygens (including phenoxy) is 1. The fraction of sp³-hybridized carbons (Fsp3) is 0.625. The van der Waals surface area contributed by atoms with Gasteiger partial charge in [0.05, 0.1) is 6.61 Å². The van der Waals surface area contributed by atoms with Crippen LogP contribution >= 0.6 is 0 Å². The Bertz CT molecular complexity index is 427. The molecule has 0 radical (unpaired) electrons. The molecule has 3 atom stereocenters. The fourth-order valence-corrected chi connectivity index (χ4v) is 3.13. The molecule has 1 aliphatic rings. The highest BCUT2D eigenvalue weighted by molar-refractivity contribution is 5.22. The van der Waals surface area contributed by atoms with Crippen molar-refractivity contribution >= 4 is 0 Å². The average molecular weight is 280 g/mol. The molecule has 1 aromatic rings. The van der Waals surface area contributed by atoms with Crippen LogP contribution in [0.1, 0.15) is 31.4 Å². The number of rotatable bonds is 6. The standard InChI is InChI=1S/C16H25FN2O/c1-3-15(18)16(13-5-4-6-14(17)9-13)19-8-7-12(10-19)11-20-2/h4-6,9,12,15-16H,3,7-8,10-11,18H2,1-2H3. The van der Waals surface area contributed by atoms with E-state index in [0.29, 0.717) is 5.92 Å². The second-order valence-electron chi connectivity index (χ2n) is 5.68. The van der Waals surface area contributed by atoms with Gasteiger partial charge in [-0.15, -0.1) is 0 Å². The van der Waals surface area contributed by atoms with Gasteiger partial charge in [-0.25, -0.2) is 4.39 Å². The van der Waals surface area contributed by atoms with Crippen LogP contribution in [0, 0.1) is 11.7 Å². The molecule has 0 aliphatic carbocycles. The molecule has 0 spiro atoms. The van der Waals surface area contributed by atoms with Gasteiger partial charge in [-0.05, 0) is 43.0 Å². The Morgan fingerprint density at radius 2 is 2.30 bits per heavy atom. The van der Waals surface area contributed by atoms with Gasteiger partial charge in [0.1, 0.15) is 5.82 Å². The third-order valence-corrected chi connectivity index (χ3v) is 4.18. The maximum absolute atomic E-state index is 13.5. The Kier molecular flexibility index (Phi) is 5.52. The molecule has 4 heteroatoms. The van der Waals surface area contributed by atoms with Crippen molar-refractivity contribution in [2.75, 3.05) is 26.8 Å². The lowest BCUT2D eigenvalue weighted by Gasteiger charge is -2.32. The monoisotopic (exact) mass is 280 g/mol. The van der Waals surface area contributed by atoms with Crippen molar-refractivity contribution in [2.24, 2.45) is 11.7 Å². The van der Waals surface area contributed by atoms with E-state index in [1.165, 1.54) is 6.07 Å². The van der Waals surface area contributed by atoms with E-state index in [1.54, 1.807) is 19.2 Å². The second-order valence-corrected chi connectivity index (χ2v) is 5.68. The molecule has 1 saturated heterocycles. The molecule has 0 aromatic heterocycles. The van der Waals surface area contributed by atoms with Gasteiger partial charge in [0.15, 0.2) is 0 Å². The van der Waals surface area contributed by atoms with Crippen molar-refractivity contribution in [2.45, 2.75) is 31.8 Å². The van der Waals surface area contributed by atoms with Crippen molar-refractivity contribution in [1.29, 1.82) is 0 Å². The quantitative estimate of drug-likeness (QED) is 0.870. The highest BCUT2D eigenvalue weighted by Gasteiger charge is 2.32. The largest absolute Gasteiger partial charge is 0.384 e. The SMILES string of the molecule is CCC(N)C(c1cccc(F)c1)N1CCC(COC)C1. The molecule has 0 amide bonds. The highest BCUT2D eigenvalue weighted by atomic mass is 19.1. The third-order valence-electron chi connectivity index (χ3n) is 4.18. The van der Waals surface area contributed by atoms with Crippen LogP contribution in [0.15, 0.2) is 24.3 Å². The zero-order valence-electron chi connectivity index (χ0n) is 12.4. The van der Waals surface area contributed by atoms with Crippen LogP contribution in [-0.4, -0.2) is 37.7 Å². The van der Waals surface area contributed by atoms with Crippen molar-refractivity contribution in [3.63, 3.8) is 0 Å². The summed E-state index contributed by atoms with van der Waals surface area (Å²) in [6, 6.07) is 6.96. The lowest BCUT2D eigenvalue weighted by Crippen LogP contribution is -2.40. The number of halogens is 1. The van der Waals surface area contributed by atoms with E-state index in [-0.39, 0.29) is 17.9 Å². The Hall–Kier alpha value is -0.970. The number of nitrogens with zero attached hydrogens (tertiary/aromatic N) is 1. The number of hydrogen-bond acceptors (Lipinski definition) is 3. The molecule has 112 valence electrons. The second kappa shape index (κ2) is 7.16. The van der Waals surface area contributed by atoms with Crippen LogP contribution in [0.3, 0.4) is 0 Å². The number of benzene rings is 1. The summed E-state index contributed by atoms with van der Waals surface area (Å²) < 4.78 is 18.7. The predicted molar refractivity (Wildman–Crippen MR) is 79.0 cm³/mol. The summed E-state index contributed by atoms with van der Waals surface area (Å²) >= 11 is 0. The van der Waals surface area contributed by atoms with E-state index in [0.717, 1.165) is 38.1 Å². The molecule has 0 bridgehead atoms. The average Bonchev–Trinajstić information content (AvgIpc) is 2.87. The Labute approximate surface area is 120 Å². The molecule has 1 heterocycles. The molecule has 1 fully saturated rings. The minimum atomic E-state index is -0.191. The predicted octanol–water partition coefficient (Wildman–Crippen LogP) is 2.57. The van der Waals surface area contributed by atoms with E-state index in [1.807, 2.05) is 6.07 Å². The zero-order valence-corrected chi connectivity index (χ0v) is 12.4. The molecule has 2 N–H and O–H groups in total. The van der Waals surface area contributed by atoms with Crippen LogP contribution < -0.4 is 5.73 Å². The minimum Gasteiger partial charge on any atom is -0.384 e. The molecule has 1 aliphatic heterocycles. The minimum absolute atomic E-state index is 0.0260. The Balaban J connectivity index is 2.16. The van der Waals surface area contributed by atoms with Crippen LogP contribution in [0.25, 0.3) is 0 Å². The lowest BCUT2D eigenvalue weighted by molar-refractivity contribution is 0.142. The molecule has 0 saturated carbocycles. The van der Waals surface area contributed by atoms with Gasteiger partial charge in [0, 0.05) is 25.7 Å². The van der Waals surface area contributed by atoms with E-state index < -0.39 is 0 Å². The van der Waals surface area contributed by atoms with E-state index >= 15 is 0 Å². The number of nitrogens with two attached hydrogens (primary N) is 1. The van der Waals surface area contributed by atoms with E-state index in [2.05, 4.69) is 11.8 Å². The lowest BCUT2D eigenvalue weighted by atomic mass is 9.96. The van der Waals surface area contributed by atoms with Crippen molar-refractivity contribution in [1.82, 2.24) is 4.90 Å². The third kappa shape index (κ3) is 3.57. The van der Waals surface area contributed by atoms with E-state index in [9.17, 15) is 4.39 Å². The van der Waals surface area contributed by atoms with Gasteiger partial charge in [0.25, 0.3) is 0 Å². The van der Waals surface area contributed by atoms with Gasteiger partial charge in [-0.1, -0.05) is 19.1 Å². The highest BCUT2D eigenvalue weighted by Crippen LogP contribution is 2.31. The van der Waals surface area contributed by atoms with Crippen molar-refractivity contribution in [3.8, 4) is 0 Å². The summed E-state index contributed by atoms with van der Waals surface area (Å²) in [6.45, 7) is 4.85. The molecule has 20 heavy (non-hydrogen) atoms. The first-order chi connectivity index (χ1) is 9.65.